The van der Waals surface area contributed by atoms with Crippen LogP contribution in [0.3, 0.4) is 0 Å². The number of benzene rings is 2. The summed E-state index contributed by atoms with van der Waals surface area (Å²) >= 11 is 0. The van der Waals surface area contributed by atoms with E-state index in [0.29, 0.717) is 6.54 Å². The smallest absolute Gasteiger partial charge is 0.223 e. The molecule has 0 spiro atoms. The number of amides is 1. The van der Waals surface area contributed by atoms with Crippen LogP contribution in [0.1, 0.15) is 30.4 Å². The lowest BCUT2D eigenvalue weighted by atomic mass is 9.95. The minimum atomic E-state index is -0.209. The fraction of sp³-hybridized carbons (Fsp3) is 0.409. The average molecular weight is 354 g/mol. The Morgan fingerprint density at radius 2 is 1.73 bits per heavy atom. The van der Waals surface area contributed by atoms with Crippen molar-refractivity contribution in [3.63, 3.8) is 0 Å². The number of nitrogens with zero attached hydrogens (tertiary/aromatic N) is 1. The van der Waals surface area contributed by atoms with Crippen molar-refractivity contribution in [3.8, 4) is 0 Å². The number of hydrogen-bond donors (Lipinski definition) is 1. The van der Waals surface area contributed by atoms with Gasteiger partial charge in [0.15, 0.2) is 0 Å². The van der Waals surface area contributed by atoms with E-state index in [-0.39, 0.29) is 17.6 Å². The lowest BCUT2D eigenvalue weighted by Crippen LogP contribution is -2.40. The SMILES string of the molecule is Cc1ccc(N2CCC(C(=O)NCCCc3ccc(F)cc3)CC2)cc1. The van der Waals surface area contributed by atoms with Crippen molar-refractivity contribution >= 4 is 11.6 Å². The zero-order valence-electron chi connectivity index (χ0n) is 15.4. The monoisotopic (exact) mass is 354 g/mol. The van der Waals surface area contributed by atoms with Crippen LogP contribution >= 0.6 is 0 Å². The molecule has 26 heavy (non-hydrogen) atoms. The van der Waals surface area contributed by atoms with Crippen LogP contribution < -0.4 is 10.2 Å². The van der Waals surface area contributed by atoms with Gasteiger partial charge in [0.1, 0.15) is 5.82 Å². The molecule has 0 saturated carbocycles. The van der Waals surface area contributed by atoms with Crippen molar-refractivity contribution < 1.29 is 9.18 Å². The Morgan fingerprint density at radius 1 is 1.08 bits per heavy atom. The molecular weight excluding hydrogens is 327 g/mol. The van der Waals surface area contributed by atoms with Gasteiger partial charge in [0, 0.05) is 31.2 Å². The number of piperidine rings is 1. The van der Waals surface area contributed by atoms with E-state index in [1.165, 1.54) is 23.4 Å². The molecule has 1 amide bonds. The second kappa shape index (κ2) is 8.84. The molecule has 3 rings (SSSR count). The third-order valence-electron chi connectivity index (χ3n) is 5.12. The van der Waals surface area contributed by atoms with Crippen LogP contribution in [0.15, 0.2) is 48.5 Å². The van der Waals surface area contributed by atoms with Crippen LogP contribution in [-0.2, 0) is 11.2 Å². The zero-order valence-corrected chi connectivity index (χ0v) is 15.4. The molecule has 1 heterocycles. The van der Waals surface area contributed by atoms with Crippen molar-refractivity contribution in [1.82, 2.24) is 5.32 Å². The Kier molecular flexibility index (Phi) is 6.26. The number of carbonyl (C=O) groups is 1. The van der Waals surface area contributed by atoms with Gasteiger partial charge in [0.05, 0.1) is 0 Å². The van der Waals surface area contributed by atoms with Gasteiger partial charge in [-0.15, -0.1) is 0 Å². The molecule has 2 aromatic carbocycles. The summed E-state index contributed by atoms with van der Waals surface area (Å²) in [5.74, 6) is 0.0780. The van der Waals surface area contributed by atoms with E-state index in [2.05, 4.69) is 41.4 Å². The van der Waals surface area contributed by atoms with Gasteiger partial charge in [-0.05, 0) is 62.4 Å². The van der Waals surface area contributed by atoms with Crippen molar-refractivity contribution in [2.24, 2.45) is 5.92 Å². The van der Waals surface area contributed by atoms with E-state index in [1.807, 2.05) is 0 Å². The number of anilines is 1. The van der Waals surface area contributed by atoms with Gasteiger partial charge in [-0.3, -0.25) is 4.79 Å². The van der Waals surface area contributed by atoms with Crippen molar-refractivity contribution in [1.29, 1.82) is 0 Å². The van der Waals surface area contributed by atoms with Crippen LogP contribution in [-0.4, -0.2) is 25.5 Å². The first-order chi connectivity index (χ1) is 12.6. The van der Waals surface area contributed by atoms with Crippen LogP contribution in [0.2, 0.25) is 0 Å². The van der Waals surface area contributed by atoms with Gasteiger partial charge in [0.2, 0.25) is 5.91 Å². The van der Waals surface area contributed by atoms with E-state index in [4.69, 9.17) is 0 Å². The molecule has 1 aliphatic heterocycles. The second-order valence-electron chi connectivity index (χ2n) is 7.12. The van der Waals surface area contributed by atoms with Crippen LogP contribution in [0, 0.1) is 18.7 Å². The molecule has 0 aromatic heterocycles. The minimum absolute atomic E-state index is 0.113. The van der Waals surface area contributed by atoms with Crippen molar-refractivity contribution in [2.45, 2.75) is 32.6 Å². The average Bonchev–Trinajstić information content (AvgIpc) is 2.67. The van der Waals surface area contributed by atoms with Gasteiger partial charge < -0.3 is 10.2 Å². The molecule has 1 saturated heterocycles. The topological polar surface area (TPSA) is 32.3 Å². The van der Waals surface area contributed by atoms with E-state index >= 15 is 0 Å². The molecule has 3 nitrogen and oxygen atoms in total. The summed E-state index contributed by atoms with van der Waals surface area (Å²) in [7, 11) is 0. The number of rotatable bonds is 6. The highest BCUT2D eigenvalue weighted by Crippen LogP contribution is 2.23. The quantitative estimate of drug-likeness (QED) is 0.792. The summed E-state index contributed by atoms with van der Waals surface area (Å²) in [6.45, 7) is 4.62. The first-order valence-electron chi connectivity index (χ1n) is 9.45. The molecule has 0 unspecified atom stereocenters. The normalized spacial score (nSPS) is 15.1. The highest BCUT2D eigenvalue weighted by atomic mass is 19.1. The van der Waals surface area contributed by atoms with Gasteiger partial charge in [0.25, 0.3) is 0 Å². The predicted molar refractivity (Wildman–Crippen MR) is 104 cm³/mol. The summed E-state index contributed by atoms with van der Waals surface area (Å²) in [5.41, 5.74) is 3.62. The maximum absolute atomic E-state index is 12.9. The first kappa shape index (κ1) is 18.4. The second-order valence-corrected chi connectivity index (χ2v) is 7.12. The Balaban J connectivity index is 1.37. The summed E-state index contributed by atoms with van der Waals surface area (Å²) in [5, 5.41) is 3.06. The van der Waals surface area contributed by atoms with E-state index < -0.39 is 0 Å². The molecule has 2 aromatic rings. The Morgan fingerprint density at radius 3 is 2.38 bits per heavy atom. The first-order valence-corrected chi connectivity index (χ1v) is 9.45. The molecule has 4 heteroatoms. The van der Waals surface area contributed by atoms with Crippen LogP contribution in [0.5, 0.6) is 0 Å². The van der Waals surface area contributed by atoms with Crippen LogP contribution in [0.4, 0.5) is 10.1 Å². The Bertz CT molecular complexity index is 704. The Labute approximate surface area is 155 Å². The van der Waals surface area contributed by atoms with Crippen molar-refractivity contribution in [2.75, 3.05) is 24.5 Å². The maximum Gasteiger partial charge on any atom is 0.223 e. The fourth-order valence-corrected chi connectivity index (χ4v) is 3.45. The molecule has 0 aliphatic carbocycles. The largest absolute Gasteiger partial charge is 0.371 e. The van der Waals surface area contributed by atoms with Gasteiger partial charge in [-0.2, -0.15) is 0 Å². The standard InChI is InChI=1S/C22H27FN2O/c1-17-4-10-21(11-5-17)25-15-12-19(13-16-25)22(26)24-14-2-3-18-6-8-20(23)9-7-18/h4-11,19H,2-3,12-16H2,1H3,(H,24,26). The number of nitrogens with one attached hydrogen (secondary N) is 1. The highest BCUT2D eigenvalue weighted by molar-refractivity contribution is 5.79. The molecular formula is C22H27FN2O. The maximum atomic E-state index is 12.9. The summed E-state index contributed by atoms with van der Waals surface area (Å²) in [6, 6.07) is 15.2. The number of aryl methyl sites for hydroxylation is 2. The van der Waals surface area contributed by atoms with Gasteiger partial charge >= 0.3 is 0 Å². The molecule has 1 fully saturated rings. The molecule has 138 valence electrons. The Hall–Kier alpha value is -2.36. The number of halogens is 1. The lowest BCUT2D eigenvalue weighted by molar-refractivity contribution is -0.125. The van der Waals surface area contributed by atoms with E-state index in [9.17, 15) is 9.18 Å². The predicted octanol–water partition coefficient (Wildman–Crippen LogP) is 4.10. The zero-order chi connectivity index (χ0) is 18.4. The van der Waals surface area contributed by atoms with Crippen LogP contribution in [0.25, 0.3) is 0 Å². The van der Waals surface area contributed by atoms with Crippen molar-refractivity contribution in [3.05, 3.63) is 65.5 Å². The van der Waals surface area contributed by atoms with Gasteiger partial charge in [-0.25, -0.2) is 4.39 Å². The molecule has 0 radical (unpaired) electrons. The van der Waals surface area contributed by atoms with Gasteiger partial charge in [-0.1, -0.05) is 29.8 Å². The highest BCUT2D eigenvalue weighted by Gasteiger charge is 2.24. The third-order valence-corrected chi connectivity index (χ3v) is 5.12. The number of carbonyl (C=O) groups excluding carboxylic acids is 1. The van der Waals surface area contributed by atoms with E-state index in [0.717, 1.165) is 44.3 Å². The molecule has 0 bridgehead atoms. The minimum Gasteiger partial charge on any atom is -0.371 e. The fourth-order valence-electron chi connectivity index (χ4n) is 3.45. The number of hydrogen-bond acceptors (Lipinski definition) is 2. The lowest BCUT2D eigenvalue weighted by Gasteiger charge is -2.33. The molecule has 1 aliphatic rings. The third kappa shape index (κ3) is 5.07. The summed E-state index contributed by atoms with van der Waals surface area (Å²) in [4.78, 5) is 14.7. The van der Waals surface area contributed by atoms with E-state index in [1.54, 1.807) is 12.1 Å². The molecule has 0 atom stereocenters. The molecule has 1 N–H and O–H groups in total. The summed E-state index contributed by atoms with van der Waals surface area (Å²) in [6.07, 6.45) is 3.53. The summed E-state index contributed by atoms with van der Waals surface area (Å²) < 4.78 is 12.9.